The summed E-state index contributed by atoms with van der Waals surface area (Å²) in [7, 11) is 0. The number of rotatable bonds is 5. The Morgan fingerprint density at radius 3 is 2.27 bits per heavy atom. The van der Waals surface area contributed by atoms with Crippen LogP contribution in [0, 0.1) is 12.8 Å². The molecule has 0 radical (unpaired) electrons. The zero-order valence-electron chi connectivity index (χ0n) is 10.4. The molecule has 0 bridgehead atoms. The van der Waals surface area contributed by atoms with E-state index in [0.29, 0.717) is 6.04 Å². The van der Waals surface area contributed by atoms with Gasteiger partial charge in [-0.3, -0.25) is 0 Å². The summed E-state index contributed by atoms with van der Waals surface area (Å²) in [6.07, 6.45) is 1.24. The van der Waals surface area contributed by atoms with Crippen LogP contribution >= 0.6 is 0 Å². The van der Waals surface area contributed by atoms with Crippen molar-refractivity contribution in [2.75, 3.05) is 0 Å². The minimum absolute atomic E-state index is 0.594. The molecule has 1 aromatic carbocycles. The van der Waals surface area contributed by atoms with Crippen LogP contribution in [-0.2, 0) is 6.54 Å². The van der Waals surface area contributed by atoms with Gasteiger partial charge in [-0.2, -0.15) is 0 Å². The zero-order chi connectivity index (χ0) is 11.3. The highest BCUT2D eigenvalue weighted by atomic mass is 14.9. The molecule has 2 atom stereocenters. The standard InChI is InChI=1S/C14H23N/c1-5-12(3)13(4)15-10-14-8-6-11(2)7-9-14/h6-9,12-13,15H,5,10H2,1-4H3/t12-,13-/m1/s1. The monoisotopic (exact) mass is 205 g/mol. The highest BCUT2D eigenvalue weighted by Crippen LogP contribution is 2.08. The zero-order valence-corrected chi connectivity index (χ0v) is 10.4. The van der Waals surface area contributed by atoms with Crippen molar-refractivity contribution in [3.63, 3.8) is 0 Å². The molecule has 0 fully saturated rings. The molecule has 0 saturated carbocycles. The van der Waals surface area contributed by atoms with Crippen molar-refractivity contribution >= 4 is 0 Å². The second kappa shape index (κ2) is 5.92. The van der Waals surface area contributed by atoms with Crippen molar-refractivity contribution in [2.45, 2.75) is 46.7 Å². The lowest BCUT2D eigenvalue weighted by atomic mass is 10.0. The molecular formula is C14H23N. The number of hydrogen-bond donors (Lipinski definition) is 1. The molecule has 0 aliphatic rings. The van der Waals surface area contributed by atoms with E-state index in [0.717, 1.165) is 12.5 Å². The molecule has 1 nitrogen and oxygen atoms in total. The van der Waals surface area contributed by atoms with Crippen molar-refractivity contribution in [3.8, 4) is 0 Å². The Kier molecular flexibility index (Phi) is 4.83. The van der Waals surface area contributed by atoms with Gasteiger partial charge in [0.25, 0.3) is 0 Å². The molecule has 1 N–H and O–H groups in total. The fourth-order valence-corrected chi connectivity index (χ4v) is 1.54. The van der Waals surface area contributed by atoms with Gasteiger partial charge in [0.15, 0.2) is 0 Å². The van der Waals surface area contributed by atoms with Crippen LogP contribution in [0.3, 0.4) is 0 Å². The third kappa shape index (κ3) is 4.05. The summed E-state index contributed by atoms with van der Waals surface area (Å²) in [5.74, 6) is 0.746. The molecule has 1 heteroatoms. The predicted molar refractivity (Wildman–Crippen MR) is 66.9 cm³/mol. The first kappa shape index (κ1) is 12.3. The Balaban J connectivity index is 2.40. The summed E-state index contributed by atoms with van der Waals surface area (Å²) in [6.45, 7) is 9.91. The van der Waals surface area contributed by atoms with Gasteiger partial charge in [0.1, 0.15) is 0 Å². The summed E-state index contributed by atoms with van der Waals surface area (Å²) in [4.78, 5) is 0. The second-order valence-corrected chi connectivity index (χ2v) is 4.54. The van der Waals surface area contributed by atoms with Gasteiger partial charge in [0.05, 0.1) is 0 Å². The molecule has 0 aliphatic heterocycles. The first-order valence-electron chi connectivity index (χ1n) is 5.92. The van der Waals surface area contributed by atoms with E-state index in [-0.39, 0.29) is 0 Å². The van der Waals surface area contributed by atoms with Gasteiger partial charge < -0.3 is 5.32 Å². The van der Waals surface area contributed by atoms with Crippen molar-refractivity contribution in [3.05, 3.63) is 35.4 Å². The molecule has 0 amide bonds. The van der Waals surface area contributed by atoms with Crippen LogP contribution in [0.25, 0.3) is 0 Å². The van der Waals surface area contributed by atoms with Crippen LogP contribution in [0.15, 0.2) is 24.3 Å². The lowest BCUT2D eigenvalue weighted by Gasteiger charge is -2.19. The van der Waals surface area contributed by atoms with Crippen LogP contribution in [0.4, 0.5) is 0 Å². The summed E-state index contributed by atoms with van der Waals surface area (Å²) in [5.41, 5.74) is 2.70. The van der Waals surface area contributed by atoms with Crippen molar-refractivity contribution in [2.24, 2.45) is 5.92 Å². The smallest absolute Gasteiger partial charge is 0.0208 e. The molecule has 0 aliphatic carbocycles. The van der Waals surface area contributed by atoms with Crippen LogP contribution in [-0.4, -0.2) is 6.04 Å². The van der Waals surface area contributed by atoms with Crippen LogP contribution < -0.4 is 5.32 Å². The van der Waals surface area contributed by atoms with E-state index in [4.69, 9.17) is 0 Å². The van der Waals surface area contributed by atoms with Gasteiger partial charge in [-0.05, 0) is 25.3 Å². The maximum Gasteiger partial charge on any atom is 0.0208 e. The average Bonchev–Trinajstić information content (AvgIpc) is 2.26. The highest BCUT2D eigenvalue weighted by Gasteiger charge is 2.08. The maximum absolute atomic E-state index is 3.57. The maximum atomic E-state index is 3.57. The molecular weight excluding hydrogens is 182 g/mol. The molecule has 0 saturated heterocycles. The van der Waals surface area contributed by atoms with Crippen LogP contribution in [0.5, 0.6) is 0 Å². The van der Waals surface area contributed by atoms with Crippen molar-refractivity contribution in [1.29, 1.82) is 0 Å². The second-order valence-electron chi connectivity index (χ2n) is 4.54. The third-order valence-electron chi connectivity index (χ3n) is 3.25. The lowest BCUT2D eigenvalue weighted by molar-refractivity contribution is 0.389. The minimum Gasteiger partial charge on any atom is -0.310 e. The SMILES string of the molecule is CC[C@@H](C)[C@@H](C)NCc1ccc(C)cc1. The molecule has 1 rings (SSSR count). The molecule has 0 heterocycles. The van der Waals surface area contributed by atoms with Gasteiger partial charge in [-0.25, -0.2) is 0 Å². The lowest BCUT2D eigenvalue weighted by Crippen LogP contribution is -2.31. The Morgan fingerprint density at radius 1 is 1.13 bits per heavy atom. The normalized spacial score (nSPS) is 14.9. The van der Waals surface area contributed by atoms with Gasteiger partial charge in [-0.15, -0.1) is 0 Å². The Morgan fingerprint density at radius 2 is 1.73 bits per heavy atom. The highest BCUT2D eigenvalue weighted by molar-refractivity contribution is 5.21. The summed E-state index contributed by atoms with van der Waals surface area (Å²) < 4.78 is 0. The van der Waals surface area contributed by atoms with E-state index in [1.54, 1.807) is 0 Å². The Labute approximate surface area is 93.9 Å². The van der Waals surface area contributed by atoms with E-state index in [9.17, 15) is 0 Å². The minimum atomic E-state index is 0.594. The van der Waals surface area contributed by atoms with Crippen LogP contribution in [0.2, 0.25) is 0 Å². The predicted octanol–water partition coefficient (Wildman–Crippen LogP) is 3.52. The average molecular weight is 205 g/mol. The van der Waals surface area contributed by atoms with E-state index < -0.39 is 0 Å². The van der Waals surface area contributed by atoms with Crippen molar-refractivity contribution < 1.29 is 0 Å². The van der Waals surface area contributed by atoms with Crippen molar-refractivity contribution in [1.82, 2.24) is 5.32 Å². The largest absolute Gasteiger partial charge is 0.310 e. The summed E-state index contributed by atoms with van der Waals surface area (Å²) in [5, 5.41) is 3.57. The molecule has 15 heavy (non-hydrogen) atoms. The van der Waals surface area contributed by atoms with Crippen LogP contribution in [0.1, 0.15) is 38.3 Å². The Hall–Kier alpha value is -0.820. The number of hydrogen-bond acceptors (Lipinski definition) is 1. The first-order chi connectivity index (χ1) is 7.13. The molecule has 84 valence electrons. The fraction of sp³-hybridized carbons (Fsp3) is 0.571. The number of benzene rings is 1. The molecule has 0 spiro atoms. The molecule has 0 unspecified atom stereocenters. The summed E-state index contributed by atoms with van der Waals surface area (Å²) >= 11 is 0. The quantitative estimate of drug-likeness (QED) is 0.775. The number of nitrogens with one attached hydrogen (secondary N) is 1. The topological polar surface area (TPSA) is 12.0 Å². The fourth-order valence-electron chi connectivity index (χ4n) is 1.54. The van der Waals surface area contributed by atoms with E-state index in [1.165, 1.54) is 17.5 Å². The molecule has 1 aromatic rings. The summed E-state index contributed by atoms with van der Waals surface area (Å²) in [6, 6.07) is 9.34. The van der Waals surface area contributed by atoms with E-state index >= 15 is 0 Å². The first-order valence-corrected chi connectivity index (χ1v) is 5.92. The Bertz CT molecular complexity index is 276. The van der Waals surface area contributed by atoms with E-state index in [2.05, 4.69) is 57.3 Å². The molecule has 0 aromatic heterocycles. The van der Waals surface area contributed by atoms with Gasteiger partial charge >= 0.3 is 0 Å². The van der Waals surface area contributed by atoms with Gasteiger partial charge in [0, 0.05) is 12.6 Å². The van der Waals surface area contributed by atoms with Gasteiger partial charge in [-0.1, -0.05) is 50.1 Å². The third-order valence-corrected chi connectivity index (χ3v) is 3.25. The number of aryl methyl sites for hydroxylation is 1. The van der Waals surface area contributed by atoms with E-state index in [1.807, 2.05) is 0 Å². The van der Waals surface area contributed by atoms with Gasteiger partial charge in [0.2, 0.25) is 0 Å².